The van der Waals surface area contributed by atoms with E-state index in [1.54, 1.807) is 0 Å². The molecule has 3 aliphatic rings. The average molecular weight is 790 g/mol. The maximum absolute atomic E-state index is 5.19. The summed E-state index contributed by atoms with van der Waals surface area (Å²) in [6, 6.07) is 40.9. The monoisotopic (exact) mass is 789 g/mol. The van der Waals surface area contributed by atoms with E-state index < -0.39 is 0 Å². The third-order valence-electron chi connectivity index (χ3n) is 8.09. The van der Waals surface area contributed by atoms with Crippen LogP contribution in [0.1, 0.15) is 23.0 Å². The Kier molecular flexibility index (Phi) is 7.20. The fraction of sp³-hybridized carbons (Fsp3) is 0. The Morgan fingerprint density at radius 1 is 0.468 bits per heavy atom. The van der Waals surface area contributed by atoms with Crippen molar-refractivity contribution in [1.29, 1.82) is 0 Å². The van der Waals surface area contributed by atoms with Crippen LogP contribution in [0.2, 0.25) is 0 Å². The predicted octanol–water partition coefficient (Wildman–Crippen LogP) is 8.75. The largest absolute Gasteiger partial charge is 2.00 e. The van der Waals surface area contributed by atoms with Crippen LogP contribution in [0.15, 0.2) is 158 Å². The first-order valence-electron chi connectivity index (χ1n) is 15.1. The van der Waals surface area contributed by atoms with Gasteiger partial charge < -0.3 is 20.4 Å². The van der Waals surface area contributed by atoms with Crippen molar-refractivity contribution in [3.63, 3.8) is 0 Å². The number of aromatic nitrogens is 4. The number of nitrogens with zero attached hydrogens (tertiary/aromatic N) is 8. The molecule has 0 amide bonds. The Bertz CT molecular complexity index is 2200. The third kappa shape index (κ3) is 5.19. The minimum Gasteiger partial charge on any atom is -0.434 e. The predicted molar refractivity (Wildman–Crippen MR) is 184 cm³/mol. The molecule has 0 fully saturated rings. The van der Waals surface area contributed by atoms with Crippen molar-refractivity contribution >= 4 is 34.9 Å². The molecule has 3 aliphatic heterocycles. The van der Waals surface area contributed by atoms with Crippen molar-refractivity contribution in [2.75, 3.05) is 9.80 Å². The van der Waals surface area contributed by atoms with Gasteiger partial charge in [0.2, 0.25) is 0 Å². The number of imidazole rings is 2. The van der Waals surface area contributed by atoms with E-state index in [0.29, 0.717) is 0 Å². The molecule has 4 aromatic carbocycles. The van der Waals surface area contributed by atoms with Gasteiger partial charge in [0.05, 0.1) is 11.4 Å². The summed E-state index contributed by atoms with van der Waals surface area (Å²) in [7, 11) is 0. The molecule has 0 unspecified atom stereocenters. The number of fused-ring (bicyclic) bond motifs is 10. The van der Waals surface area contributed by atoms with Crippen molar-refractivity contribution in [2.45, 2.75) is 0 Å². The van der Waals surface area contributed by atoms with E-state index >= 15 is 0 Å². The zero-order valence-electron chi connectivity index (χ0n) is 24.9. The summed E-state index contributed by atoms with van der Waals surface area (Å²) in [6.07, 6.45) is 12.2. The molecule has 0 radical (unpaired) electrons. The first-order valence-corrected chi connectivity index (χ1v) is 15.1. The molecule has 47 heavy (non-hydrogen) atoms. The fourth-order valence-electron chi connectivity index (χ4n) is 5.91. The smallest absolute Gasteiger partial charge is 0.434 e. The van der Waals surface area contributed by atoms with Crippen LogP contribution in [-0.2, 0) is 21.1 Å². The van der Waals surface area contributed by atoms with Crippen LogP contribution in [0.5, 0.6) is 0 Å². The van der Waals surface area contributed by atoms with Crippen molar-refractivity contribution in [1.82, 2.24) is 19.1 Å². The Morgan fingerprint density at radius 2 is 0.957 bits per heavy atom. The molecule has 0 saturated heterocycles. The molecule has 5 heterocycles. The second-order valence-corrected chi connectivity index (χ2v) is 11.1. The quantitative estimate of drug-likeness (QED) is 0.179. The van der Waals surface area contributed by atoms with Crippen molar-refractivity contribution in [3.05, 3.63) is 191 Å². The van der Waals surface area contributed by atoms with Gasteiger partial charge in [-0.3, -0.25) is 9.13 Å². The van der Waals surface area contributed by atoms with Crippen LogP contribution in [0.3, 0.4) is 0 Å². The van der Waals surface area contributed by atoms with Crippen LogP contribution in [0.4, 0.5) is 11.4 Å². The van der Waals surface area contributed by atoms with Crippen molar-refractivity contribution in [3.8, 4) is 11.4 Å². The van der Waals surface area contributed by atoms with Gasteiger partial charge in [-0.2, -0.15) is 0 Å². The van der Waals surface area contributed by atoms with Gasteiger partial charge in [0.15, 0.2) is 0 Å². The SMILES string of the molecule is C1=C2[N-]C(=Cc3cn(-c4ccccc4)c(n3)C3=CN(c4ccccc4)C(=Cc4nc2cn4-c2ccccc2)[N-]3)N1c1ccccc1.[Pt+2]. The normalized spacial score (nSPS) is 14.6. The summed E-state index contributed by atoms with van der Waals surface area (Å²) >= 11 is 0. The molecule has 0 aliphatic carbocycles. The number of benzene rings is 4. The molecule has 0 saturated carbocycles. The topological polar surface area (TPSA) is 70.3 Å². The number of hydrogen-bond acceptors (Lipinski definition) is 4. The van der Waals surface area contributed by atoms with Crippen LogP contribution in [0.25, 0.3) is 45.6 Å². The van der Waals surface area contributed by atoms with Gasteiger partial charge in [-0.1, -0.05) is 121 Å². The van der Waals surface area contributed by atoms with Gasteiger partial charge >= 0.3 is 21.1 Å². The number of anilines is 2. The Morgan fingerprint density at radius 3 is 1.55 bits per heavy atom. The summed E-state index contributed by atoms with van der Waals surface area (Å²) in [5, 5.41) is 10.3. The van der Waals surface area contributed by atoms with E-state index in [2.05, 4.69) is 67.5 Å². The maximum atomic E-state index is 5.19. The summed E-state index contributed by atoms with van der Waals surface area (Å²) in [4.78, 5) is 14.5. The number of para-hydroxylation sites is 4. The molecule has 0 spiro atoms. The number of hydrogen-bond donors (Lipinski definition) is 0. The Balaban J connectivity index is 0.00000324. The van der Waals surface area contributed by atoms with E-state index in [9.17, 15) is 0 Å². The van der Waals surface area contributed by atoms with E-state index in [1.807, 2.05) is 110 Å². The first kappa shape index (κ1) is 28.6. The summed E-state index contributed by atoms with van der Waals surface area (Å²) < 4.78 is 4.18. The summed E-state index contributed by atoms with van der Waals surface area (Å²) in [5.41, 5.74) is 6.99. The van der Waals surface area contributed by atoms with Crippen molar-refractivity contribution < 1.29 is 21.1 Å². The maximum Gasteiger partial charge on any atom is 2.00 e. The summed E-state index contributed by atoms with van der Waals surface area (Å²) in [6.45, 7) is 0. The average Bonchev–Trinajstić information content (AvgIpc) is 3.91. The molecule has 0 N–H and O–H groups in total. The molecule has 8 nitrogen and oxygen atoms in total. The molecule has 9 heteroatoms. The van der Waals surface area contributed by atoms with Gasteiger partial charge in [-0.05, 0) is 59.2 Å². The zero-order chi connectivity index (χ0) is 30.5. The minimum absolute atomic E-state index is 0. The van der Waals surface area contributed by atoms with Gasteiger partial charge in [0, 0.05) is 23.8 Å². The molecule has 228 valence electrons. The molecule has 8 bridgehead atoms. The van der Waals surface area contributed by atoms with E-state index in [-0.39, 0.29) is 21.1 Å². The molecule has 9 rings (SSSR count). The van der Waals surface area contributed by atoms with Crippen LogP contribution in [-0.4, -0.2) is 19.1 Å². The third-order valence-corrected chi connectivity index (χ3v) is 8.09. The van der Waals surface area contributed by atoms with Gasteiger partial charge in [0.25, 0.3) is 0 Å². The molecule has 0 atom stereocenters. The van der Waals surface area contributed by atoms with Gasteiger partial charge in [-0.15, -0.1) is 0 Å². The van der Waals surface area contributed by atoms with Crippen LogP contribution < -0.4 is 9.80 Å². The standard InChI is InChI=1S/C38H26N8.Pt/c1-5-13-28(14-6-1)43-24-32-33-25-44(29-15-7-2-8-16-29)36(41-33)22-37-42-34(26-45(37)30-17-9-3-10-18-30)38-39-27(21-35(43)40-32)23-46(38)31-19-11-4-12-20-31;/h1-26H;/q-2;+2. The van der Waals surface area contributed by atoms with E-state index in [1.165, 1.54) is 0 Å². The molecular weight excluding hydrogens is 764 g/mol. The second kappa shape index (κ2) is 11.8. The fourth-order valence-corrected chi connectivity index (χ4v) is 5.91. The number of rotatable bonds is 4. The first-order chi connectivity index (χ1) is 22.8. The van der Waals surface area contributed by atoms with Crippen LogP contribution >= 0.6 is 0 Å². The Labute approximate surface area is 286 Å². The molecule has 6 aromatic rings. The zero-order valence-corrected chi connectivity index (χ0v) is 27.2. The molecule has 2 aromatic heterocycles. The second-order valence-electron chi connectivity index (χ2n) is 11.1. The van der Waals surface area contributed by atoms with E-state index in [4.69, 9.17) is 20.6 Å². The van der Waals surface area contributed by atoms with Crippen LogP contribution in [0, 0.1) is 0 Å². The van der Waals surface area contributed by atoms with Gasteiger partial charge in [-0.25, -0.2) is 9.97 Å². The van der Waals surface area contributed by atoms with E-state index in [0.717, 1.165) is 68.8 Å². The Hall–Kier alpha value is -5.85. The van der Waals surface area contributed by atoms with Crippen molar-refractivity contribution in [2.24, 2.45) is 0 Å². The minimum atomic E-state index is 0. The summed E-state index contributed by atoms with van der Waals surface area (Å²) in [5.74, 6) is 2.94. The van der Waals surface area contributed by atoms with Gasteiger partial charge in [0.1, 0.15) is 11.6 Å². The molecular formula is C38H26N8Pt.